The van der Waals surface area contributed by atoms with E-state index in [0.29, 0.717) is 12.6 Å². The van der Waals surface area contributed by atoms with Crippen molar-refractivity contribution in [1.29, 1.82) is 0 Å². The number of unbranched alkanes of at least 4 members (excludes halogenated alkanes) is 1. The first kappa shape index (κ1) is 20.2. The Balaban J connectivity index is 1.94. The highest BCUT2D eigenvalue weighted by atomic mass is 16.5. The summed E-state index contributed by atoms with van der Waals surface area (Å²) in [4.78, 5) is 0. The Morgan fingerprint density at radius 1 is 1.27 bits per heavy atom. The number of nitrogens with zero attached hydrogens (tertiary/aromatic N) is 1. The third-order valence-corrected chi connectivity index (χ3v) is 3.90. The second-order valence-electron chi connectivity index (χ2n) is 6.72. The van der Waals surface area contributed by atoms with Gasteiger partial charge in [0.2, 0.25) is 0 Å². The third-order valence-electron chi connectivity index (χ3n) is 3.90. The highest BCUT2D eigenvalue weighted by Gasteiger charge is 2.08. The van der Waals surface area contributed by atoms with Crippen molar-refractivity contribution in [2.45, 2.75) is 52.2 Å². The van der Waals surface area contributed by atoms with Crippen molar-refractivity contribution in [2.75, 3.05) is 13.2 Å². The van der Waals surface area contributed by atoms with Gasteiger partial charge in [0.1, 0.15) is 18.5 Å². The maximum Gasteiger partial charge on any atom is 0.159 e. The highest BCUT2D eigenvalue weighted by Crippen LogP contribution is 2.21. The Kier molecular flexibility index (Phi) is 8.38. The summed E-state index contributed by atoms with van der Waals surface area (Å²) in [7, 11) is 0. The van der Waals surface area contributed by atoms with E-state index >= 15 is 0 Å². The molecule has 2 rings (SSSR count). The molecule has 0 spiro atoms. The molecule has 1 heterocycles. The van der Waals surface area contributed by atoms with Crippen LogP contribution in [0.3, 0.4) is 0 Å². The average Bonchev–Trinajstić information content (AvgIpc) is 3.09. The molecule has 5 nitrogen and oxygen atoms in total. The Bertz CT molecular complexity index is 679. The number of ether oxygens (including phenoxy) is 1. The topological polar surface area (TPSA) is 67.5 Å². The number of para-hydroxylation sites is 1. The summed E-state index contributed by atoms with van der Waals surface area (Å²) in [6.45, 7) is 7.01. The Hall–Kier alpha value is -2.11. The van der Waals surface area contributed by atoms with Gasteiger partial charge in [0.05, 0.1) is 5.69 Å². The van der Waals surface area contributed by atoms with Crippen LogP contribution in [-0.4, -0.2) is 35.6 Å². The van der Waals surface area contributed by atoms with E-state index in [-0.39, 0.29) is 6.61 Å². The third kappa shape index (κ3) is 7.02. The molecule has 1 unspecified atom stereocenters. The van der Waals surface area contributed by atoms with Gasteiger partial charge in [-0.05, 0) is 31.1 Å². The summed E-state index contributed by atoms with van der Waals surface area (Å²) in [5.74, 6) is 1.46. The average molecular weight is 358 g/mol. The van der Waals surface area contributed by atoms with Crippen molar-refractivity contribution in [3.05, 3.63) is 47.3 Å². The molecule has 0 bridgehead atoms. The predicted molar refractivity (Wildman–Crippen MR) is 105 cm³/mol. The molecule has 0 amide bonds. The number of aliphatic hydroxyl groups is 1. The smallest absolute Gasteiger partial charge is 0.159 e. The number of rotatable bonds is 11. The summed E-state index contributed by atoms with van der Waals surface area (Å²) in [5, 5.41) is 17.3. The van der Waals surface area contributed by atoms with Crippen molar-refractivity contribution >= 4 is 12.2 Å². The zero-order chi connectivity index (χ0) is 18.8. The molecule has 1 aromatic heterocycles. The van der Waals surface area contributed by atoms with Gasteiger partial charge in [-0.15, -0.1) is 0 Å². The largest absolute Gasteiger partial charge is 0.490 e. The molecule has 1 aromatic carbocycles. The van der Waals surface area contributed by atoms with Crippen LogP contribution in [0.5, 0.6) is 5.75 Å². The lowest BCUT2D eigenvalue weighted by Crippen LogP contribution is -2.35. The number of nitrogens with one attached hydrogen (secondary N) is 1. The summed E-state index contributed by atoms with van der Waals surface area (Å²) in [6.07, 6.45) is 6.47. The van der Waals surface area contributed by atoms with Crippen LogP contribution < -0.4 is 10.1 Å². The van der Waals surface area contributed by atoms with Crippen LogP contribution in [0.25, 0.3) is 12.2 Å². The molecule has 26 heavy (non-hydrogen) atoms. The molecule has 0 aliphatic rings. The van der Waals surface area contributed by atoms with Gasteiger partial charge in [-0.25, -0.2) is 0 Å². The molecule has 0 aliphatic heterocycles. The van der Waals surface area contributed by atoms with E-state index in [1.54, 1.807) is 0 Å². The number of benzene rings is 1. The molecule has 142 valence electrons. The SMILES string of the molecule is CCCCc1cc(C=Cc2ccccc2OCC(O)CNC(C)C)on1. The van der Waals surface area contributed by atoms with Crippen molar-refractivity contribution in [3.8, 4) is 5.75 Å². The number of aliphatic hydroxyl groups excluding tert-OH is 1. The van der Waals surface area contributed by atoms with Gasteiger partial charge in [0, 0.05) is 24.2 Å². The first-order valence-corrected chi connectivity index (χ1v) is 9.35. The molecule has 0 saturated carbocycles. The van der Waals surface area contributed by atoms with Crippen LogP contribution in [0.15, 0.2) is 34.9 Å². The van der Waals surface area contributed by atoms with E-state index in [1.807, 2.05) is 56.3 Å². The molecular weight excluding hydrogens is 328 g/mol. The van der Waals surface area contributed by atoms with Crippen LogP contribution in [0, 0.1) is 0 Å². The molecule has 0 fully saturated rings. The molecule has 5 heteroatoms. The number of hydrogen-bond donors (Lipinski definition) is 2. The van der Waals surface area contributed by atoms with E-state index < -0.39 is 6.10 Å². The Morgan fingerprint density at radius 2 is 2.08 bits per heavy atom. The lowest BCUT2D eigenvalue weighted by molar-refractivity contribution is 0.104. The van der Waals surface area contributed by atoms with Crippen LogP contribution >= 0.6 is 0 Å². The molecule has 0 saturated heterocycles. The summed E-state index contributed by atoms with van der Waals surface area (Å²) in [6, 6.07) is 10.0. The fraction of sp³-hybridized carbons (Fsp3) is 0.476. The predicted octanol–water partition coefficient (Wildman–Crippen LogP) is 3.93. The van der Waals surface area contributed by atoms with Gasteiger partial charge in [0.15, 0.2) is 5.76 Å². The lowest BCUT2D eigenvalue weighted by atomic mass is 10.1. The van der Waals surface area contributed by atoms with E-state index in [0.717, 1.165) is 42.0 Å². The van der Waals surface area contributed by atoms with Crippen LogP contribution in [0.1, 0.15) is 50.6 Å². The van der Waals surface area contributed by atoms with Gasteiger partial charge in [-0.2, -0.15) is 0 Å². The normalized spacial score (nSPS) is 12.8. The minimum atomic E-state index is -0.551. The zero-order valence-electron chi connectivity index (χ0n) is 15.9. The van der Waals surface area contributed by atoms with E-state index in [9.17, 15) is 5.11 Å². The Morgan fingerprint density at radius 3 is 2.85 bits per heavy atom. The lowest BCUT2D eigenvalue weighted by Gasteiger charge is -2.16. The standard InChI is InChI=1S/C21H30N2O3/c1-4-5-9-18-13-20(26-23-18)12-11-17-8-6-7-10-21(17)25-15-19(24)14-22-16(2)3/h6-8,10-13,16,19,22,24H,4-5,9,14-15H2,1-3H3. The first-order chi connectivity index (χ1) is 12.6. The minimum Gasteiger partial charge on any atom is -0.490 e. The Labute approximate surface area is 156 Å². The van der Waals surface area contributed by atoms with Gasteiger partial charge < -0.3 is 19.7 Å². The fourth-order valence-corrected chi connectivity index (χ4v) is 2.42. The summed E-state index contributed by atoms with van der Waals surface area (Å²) < 4.78 is 11.1. The summed E-state index contributed by atoms with van der Waals surface area (Å²) >= 11 is 0. The molecule has 0 aliphatic carbocycles. The minimum absolute atomic E-state index is 0.244. The monoisotopic (exact) mass is 358 g/mol. The van der Waals surface area contributed by atoms with Gasteiger partial charge >= 0.3 is 0 Å². The molecule has 2 N–H and O–H groups in total. The van der Waals surface area contributed by atoms with Crippen LogP contribution in [0.2, 0.25) is 0 Å². The van der Waals surface area contributed by atoms with Crippen molar-refractivity contribution in [2.24, 2.45) is 0 Å². The zero-order valence-corrected chi connectivity index (χ0v) is 15.9. The van der Waals surface area contributed by atoms with Crippen molar-refractivity contribution in [1.82, 2.24) is 10.5 Å². The van der Waals surface area contributed by atoms with Crippen LogP contribution in [0.4, 0.5) is 0 Å². The molecule has 1 atom stereocenters. The van der Waals surface area contributed by atoms with Crippen molar-refractivity contribution < 1.29 is 14.4 Å². The maximum atomic E-state index is 10.0. The maximum absolute atomic E-state index is 10.0. The van der Waals surface area contributed by atoms with Gasteiger partial charge in [0.25, 0.3) is 0 Å². The van der Waals surface area contributed by atoms with Gasteiger partial charge in [-0.1, -0.05) is 50.5 Å². The van der Waals surface area contributed by atoms with Crippen LogP contribution in [-0.2, 0) is 6.42 Å². The fourth-order valence-electron chi connectivity index (χ4n) is 2.42. The second-order valence-corrected chi connectivity index (χ2v) is 6.72. The van der Waals surface area contributed by atoms with Crippen molar-refractivity contribution in [3.63, 3.8) is 0 Å². The molecule has 2 aromatic rings. The van der Waals surface area contributed by atoms with Gasteiger partial charge in [-0.3, -0.25) is 0 Å². The molecule has 0 radical (unpaired) electrons. The number of aromatic nitrogens is 1. The quantitative estimate of drug-likeness (QED) is 0.637. The number of hydrogen-bond acceptors (Lipinski definition) is 5. The van der Waals surface area contributed by atoms with E-state index in [1.165, 1.54) is 0 Å². The first-order valence-electron chi connectivity index (χ1n) is 9.35. The van der Waals surface area contributed by atoms with E-state index in [4.69, 9.17) is 9.26 Å². The molecular formula is C21H30N2O3. The van der Waals surface area contributed by atoms with E-state index in [2.05, 4.69) is 17.4 Å². The summed E-state index contributed by atoms with van der Waals surface area (Å²) in [5.41, 5.74) is 1.92. The number of aryl methyl sites for hydroxylation is 1. The highest BCUT2D eigenvalue weighted by molar-refractivity contribution is 5.70. The second kappa shape index (κ2) is 10.8.